The fraction of sp³-hybridized carbons (Fsp3) is 0.273. The number of fused-ring (bicyclic) bond motifs is 4. The molecule has 5 rings (SSSR count). The summed E-state index contributed by atoms with van der Waals surface area (Å²) in [7, 11) is 0. The molecule has 0 bridgehead atoms. The summed E-state index contributed by atoms with van der Waals surface area (Å²) in [5, 5.41) is 4.78. The lowest BCUT2D eigenvalue weighted by atomic mass is 9.94. The molecule has 3 heteroatoms. The molecule has 25 heavy (non-hydrogen) atoms. The molecule has 1 heterocycles. The molecule has 0 unspecified atom stereocenters. The van der Waals surface area contributed by atoms with Crippen LogP contribution in [-0.4, -0.2) is 16.8 Å². The molecule has 2 aliphatic carbocycles. The minimum atomic E-state index is 0.0992. The molecule has 2 aromatic carbocycles. The minimum absolute atomic E-state index is 0.0992. The minimum Gasteiger partial charge on any atom is -0.381 e. The zero-order chi connectivity index (χ0) is 16.8. The summed E-state index contributed by atoms with van der Waals surface area (Å²) in [6.07, 6.45) is 6.19. The molecule has 1 fully saturated rings. The van der Waals surface area contributed by atoms with Crippen molar-refractivity contribution < 1.29 is 4.79 Å². The van der Waals surface area contributed by atoms with Gasteiger partial charge in [-0.15, -0.1) is 0 Å². The summed E-state index contributed by atoms with van der Waals surface area (Å²) >= 11 is 0. The standard InChI is InChI=1S/C22H20N2O/c25-22-16-11-5-4-10-15(16)20-19(22)21(23-14-8-2-1-3-9-14)17-12-6-7-13-18(17)24-20/h4-7,10-14H,1-3,8-9H2,(H,23,24). The van der Waals surface area contributed by atoms with Crippen LogP contribution in [0.4, 0.5) is 5.69 Å². The summed E-state index contributed by atoms with van der Waals surface area (Å²) in [5.41, 5.74) is 5.24. The van der Waals surface area contributed by atoms with Crippen LogP contribution in [0.25, 0.3) is 22.2 Å². The number of carbonyl (C=O) groups excluding carboxylic acids is 1. The van der Waals surface area contributed by atoms with Gasteiger partial charge in [-0.25, -0.2) is 4.98 Å². The Labute approximate surface area is 147 Å². The predicted molar refractivity (Wildman–Crippen MR) is 101 cm³/mol. The number of hydrogen-bond donors (Lipinski definition) is 1. The largest absolute Gasteiger partial charge is 0.381 e. The highest BCUT2D eigenvalue weighted by atomic mass is 16.1. The van der Waals surface area contributed by atoms with E-state index in [4.69, 9.17) is 4.98 Å². The molecule has 2 aliphatic rings. The molecule has 124 valence electrons. The molecule has 0 radical (unpaired) electrons. The topological polar surface area (TPSA) is 42.0 Å². The van der Waals surface area contributed by atoms with Gasteiger partial charge < -0.3 is 5.32 Å². The zero-order valence-electron chi connectivity index (χ0n) is 14.1. The molecular formula is C22H20N2O. The molecule has 0 amide bonds. The molecule has 1 saturated carbocycles. The molecule has 3 aromatic rings. The van der Waals surface area contributed by atoms with Crippen LogP contribution in [-0.2, 0) is 0 Å². The van der Waals surface area contributed by atoms with Gasteiger partial charge in [0.15, 0.2) is 5.78 Å². The highest BCUT2D eigenvalue weighted by molar-refractivity contribution is 6.26. The Bertz CT molecular complexity index is 986. The van der Waals surface area contributed by atoms with Crippen molar-refractivity contribution in [2.24, 2.45) is 0 Å². The van der Waals surface area contributed by atoms with Gasteiger partial charge >= 0.3 is 0 Å². The van der Waals surface area contributed by atoms with Crippen LogP contribution in [0.5, 0.6) is 0 Å². The number of nitrogens with one attached hydrogen (secondary N) is 1. The first-order valence-electron chi connectivity index (χ1n) is 9.16. The van der Waals surface area contributed by atoms with Crippen molar-refractivity contribution in [3.05, 3.63) is 59.7 Å². The van der Waals surface area contributed by atoms with Gasteiger partial charge in [-0.05, 0) is 18.9 Å². The molecule has 0 atom stereocenters. The SMILES string of the molecule is O=C1c2ccccc2-c2nc3ccccc3c(NC3CCCCC3)c21. The Morgan fingerprint density at radius 2 is 1.60 bits per heavy atom. The van der Waals surface area contributed by atoms with Crippen LogP contribution < -0.4 is 5.32 Å². The first-order valence-corrected chi connectivity index (χ1v) is 9.16. The maximum Gasteiger partial charge on any atom is 0.198 e. The number of pyridine rings is 1. The van der Waals surface area contributed by atoms with E-state index in [1.807, 2.05) is 42.5 Å². The van der Waals surface area contributed by atoms with Gasteiger partial charge in [0.25, 0.3) is 0 Å². The van der Waals surface area contributed by atoms with Gasteiger partial charge in [0.2, 0.25) is 0 Å². The van der Waals surface area contributed by atoms with Crippen molar-refractivity contribution in [2.45, 2.75) is 38.1 Å². The number of benzene rings is 2. The third-order valence-corrected chi connectivity index (χ3v) is 5.50. The maximum atomic E-state index is 13.1. The van der Waals surface area contributed by atoms with Crippen LogP contribution >= 0.6 is 0 Å². The molecule has 0 aliphatic heterocycles. The number of nitrogens with zero attached hydrogens (tertiary/aromatic N) is 1. The van der Waals surface area contributed by atoms with Crippen LogP contribution in [0, 0.1) is 0 Å². The quantitative estimate of drug-likeness (QED) is 0.550. The van der Waals surface area contributed by atoms with Crippen LogP contribution in [0.15, 0.2) is 48.5 Å². The van der Waals surface area contributed by atoms with E-state index in [1.165, 1.54) is 32.1 Å². The first-order chi connectivity index (χ1) is 12.3. The Kier molecular flexibility index (Phi) is 3.34. The lowest BCUT2D eigenvalue weighted by molar-refractivity contribution is 0.104. The third kappa shape index (κ3) is 2.26. The highest BCUT2D eigenvalue weighted by Crippen LogP contribution is 2.42. The first kappa shape index (κ1) is 14.6. The molecule has 3 nitrogen and oxygen atoms in total. The van der Waals surface area contributed by atoms with Gasteiger partial charge in [-0.2, -0.15) is 0 Å². The molecule has 1 N–H and O–H groups in total. The number of ketones is 1. The number of anilines is 1. The molecule has 1 aromatic heterocycles. The van der Waals surface area contributed by atoms with Gasteiger partial charge in [0, 0.05) is 22.6 Å². The molecular weight excluding hydrogens is 308 g/mol. The van der Waals surface area contributed by atoms with Crippen molar-refractivity contribution in [1.29, 1.82) is 0 Å². The van der Waals surface area contributed by atoms with E-state index in [9.17, 15) is 4.79 Å². The second-order valence-corrected chi connectivity index (χ2v) is 7.08. The molecule has 0 saturated heterocycles. The number of rotatable bonds is 2. The fourth-order valence-electron chi connectivity index (χ4n) is 4.25. The number of aromatic nitrogens is 1. The van der Waals surface area contributed by atoms with Gasteiger partial charge in [-0.1, -0.05) is 61.7 Å². The highest BCUT2D eigenvalue weighted by Gasteiger charge is 2.32. The summed E-state index contributed by atoms with van der Waals surface area (Å²) in [6, 6.07) is 16.4. The normalized spacial score (nSPS) is 16.7. The van der Waals surface area contributed by atoms with E-state index in [-0.39, 0.29) is 5.78 Å². The lowest BCUT2D eigenvalue weighted by Gasteiger charge is -2.25. The summed E-state index contributed by atoms with van der Waals surface area (Å²) < 4.78 is 0. The van der Waals surface area contributed by atoms with Crippen molar-refractivity contribution >= 4 is 22.4 Å². The Morgan fingerprint density at radius 3 is 2.44 bits per heavy atom. The number of hydrogen-bond acceptors (Lipinski definition) is 3. The Balaban J connectivity index is 1.74. The van der Waals surface area contributed by atoms with E-state index >= 15 is 0 Å². The smallest absolute Gasteiger partial charge is 0.198 e. The zero-order valence-corrected chi connectivity index (χ0v) is 14.1. The van der Waals surface area contributed by atoms with E-state index in [0.717, 1.165) is 39.0 Å². The van der Waals surface area contributed by atoms with Crippen molar-refractivity contribution in [1.82, 2.24) is 4.98 Å². The summed E-state index contributed by atoms with van der Waals surface area (Å²) in [4.78, 5) is 18.0. The molecule has 0 spiro atoms. The lowest BCUT2D eigenvalue weighted by Crippen LogP contribution is -2.23. The summed E-state index contributed by atoms with van der Waals surface area (Å²) in [6.45, 7) is 0. The van der Waals surface area contributed by atoms with Crippen LogP contribution in [0.2, 0.25) is 0 Å². The van der Waals surface area contributed by atoms with Crippen molar-refractivity contribution in [2.75, 3.05) is 5.32 Å². The average molecular weight is 328 g/mol. The number of carbonyl (C=O) groups is 1. The van der Waals surface area contributed by atoms with Crippen molar-refractivity contribution in [3.8, 4) is 11.3 Å². The Hall–Kier alpha value is -2.68. The van der Waals surface area contributed by atoms with E-state index < -0.39 is 0 Å². The average Bonchev–Trinajstić information content (AvgIpc) is 2.95. The number of para-hydroxylation sites is 1. The predicted octanol–water partition coefficient (Wildman–Crippen LogP) is 5.19. The van der Waals surface area contributed by atoms with Gasteiger partial charge in [-0.3, -0.25) is 4.79 Å². The van der Waals surface area contributed by atoms with Crippen LogP contribution in [0.3, 0.4) is 0 Å². The van der Waals surface area contributed by atoms with E-state index in [2.05, 4.69) is 11.4 Å². The second kappa shape index (κ2) is 5.69. The van der Waals surface area contributed by atoms with E-state index in [0.29, 0.717) is 6.04 Å². The Morgan fingerprint density at radius 1 is 0.880 bits per heavy atom. The summed E-state index contributed by atoms with van der Waals surface area (Å²) in [5.74, 6) is 0.0992. The van der Waals surface area contributed by atoms with Crippen molar-refractivity contribution in [3.63, 3.8) is 0 Å². The second-order valence-electron chi connectivity index (χ2n) is 7.08. The van der Waals surface area contributed by atoms with E-state index in [1.54, 1.807) is 0 Å². The fourth-order valence-corrected chi connectivity index (χ4v) is 4.25. The van der Waals surface area contributed by atoms with Gasteiger partial charge in [0.1, 0.15) is 0 Å². The van der Waals surface area contributed by atoms with Crippen LogP contribution in [0.1, 0.15) is 48.0 Å². The maximum absolute atomic E-state index is 13.1. The monoisotopic (exact) mass is 328 g/mol. The third-order valence-electron chi connectivity index (χ3n) is 5.50. The van der Waals surface area contributed by atoms with Gasteiger partial charge in [0.05, 0.1) is 22.5 Å².